The largest absolute Gasteiger partial charge is 0.439 e. The minimum absolute atomic E-state index is 0.0263. The number of nitrogens with zero attached hydrogens (tertiary/aromatic N) is 3. The molecule has 170 valence electrons. The van der Waals surface area contributed by atoms with Gasteiger partial charge in [0.25, 0.3) is 15.9 Å². The molecule has 3 aromatic carbocycles. The molecule has 0 atom stereocenters. The van der Waals surface area contributed by atoms with Gasteiger partial charge < -0.3 is 9.64 Å². The van der Waals surface area contributed by atoms with Gasteiger partial charge in [0.2, 0.25) is 11.8 Å². The molecule has 6 bridgehead atoms. The Hall–Kier alpha value is -4.24. The number of carbonyl (C=O) groups excluding carboxylic acids is 1. The fourth-order valence-corrected chi connectivity index (χ4v) is 4.64. The molecular weight excluding hydrogens is 452 g/mol. The van der Waals surface area contributed by atoms with Crippen LogP contribution in [0.15, 0.2) is 83.8 Å². The fourth-order valence-electron chi connectivity index (χ4n) is 3.66. The van der Waals surface area contributed by atoms with E-state index in [2.05, 4.69) is 14.7 Å². The van der Waals surface area contributed by atoms with Gasteiger partial charge >= 0.3 is 0 Å². The molecule has 3 heterocycles. The predicted octanol–water partition coefficient (Wildman–Crippen LogP) is 4.64. The SMILES string of the molecule is Cc1ccccc1-c1cc2nc(n1)NS(=O)(=O)c1cccc(c1)N(C)C(=O)c1ccc(cc1)O2. The molecule has 2 aliphatic rings. The smallest absolute Gasteiger partial charge is 0.264 e. The minimum atomic E-state index is -4.05. The number of carbonyl (C=O) groups is 1. The molecule has 34 heavy (non-hydrogen) atoms. The minimum Gasteiger partial charge on any atom is -0.439 e. The third-order valence-electron chi connectivity index (χ3n) is 5.49. The van der Waals surface area contributed by atoms with Gasteiger partial charge in [-0.05, 0) is 55.0 Å². The van der Waals surface area contributed by atoms with Crippen LogP contribution in [0, 0.1) is 6.92 Å². The molecule has 0 radical (unpaired) electrons. The average molecular weight is 473 g/mol. The number of benzene rings is 3. The Kier molecular flexibility index (Phi) is 5.25. The van der Waals surface area contributed by atoms with Crippen LogP contribution in [0.25, 0.3) is 11.3 Å². The third kappa shape index (κ3) is 4.08. The number of fused-ring (bicyclic) bond motifs is 4. The molecule has 0 aliphatic carbocycles. The second-order valence-corrected chi connectivity index (χ2v) is 9.51. The maximum absolute atomic E-state index is 13.2. The van der Waals surface area contributed by atoms with Gasteiger partial charge in [-0.25, -0.2) is 18.1 Å². The van der Waals surface area contributed by atoms with Crippen molar-refractivity contribution in [2.24, 2.45) is 0 Å². The highest BCUT2D eigenvalue weighted by Crippen LogP contribution is 2.30. The molecule has 1 aromatic heterocycles. The molecule has 6 rings (SSSR count). The third-order valence-corrected chi connectivity index (χ3v) is 6.82. The lowest BCUT2D eigenvalue weighted by Gasteiger charge is -2.18. The summed E-state index contributed by atoms with van der Waals surface area (Å²) in [6.07, 6.45) is 0. The zero-order valence-corrected chi connectivity index (χ0v) is 19.2. The number of aryl methyl sites for hydroxylation is 1. The van der Waals surface area contributed by atoms with E-state index in [1.807, 2.05) is 31.2 Å². The second kappa shape index (κ2) is 8.27. The van der Waals surface area contributed by atoms with Gasteiger partial charge in [-0.2, -0.15) is 4.98 Å². The van der Waals surface area contributed by atoms with Crippen molar-refractivity contribution in [2.75, 3.05) is 16.7 Å². The van der Waals surface area contributed by atoms with E-state index in [-0.39, 0.29) is 22.6 Å². The van der Waals surface area contributed by atoms with Crippen LogP contribution in [-0.2, 0) is 10.0 Å². The molecule has 1 N–H and O–H groups in total. The summed E-state index contributed by atoms with van der Waals surface area (Å²) < 4.78 is 34.7. The van der Waals surface area contributed by atoms with Crippen LogP contribution in [0.3, 0.4) is 0 Å². The van der Waals surface area contributed by atoms with E-state index in [0.717, 1.165) is 11.1 Å². The summed E-state index contributed by atoms with van der Waals surface area (Å²) in [6, 6.07) is 22.0. The monoisotopic (exact) mass is 472 g/mol. The number of ether oxygens (including phenoxy) is 1. The summed E-state index contributed by atoms with van der Waals surface area (Å²) in [7, 11) is -2.46. The summed E-state index contributed by atoms with van der Waals surface area (Å²) in [6.45, 7) is 1.94. The van der Waals surface area contributed by atoms with Crippen molar-refractivity contribution in [3.63, 3.8) is 0 Å². The molecule has 0 unspecified atom stereocenters. The van der Waals surface area contributed by atoms with Gasteiger partial charge in [0, 0.05) is 29.9 Å². The Morgan fingerprint density at radius 3 is 2.44 bits per heavy atom. The second-order valence-electron chi connectivity index (χ2n) is 7.82. The molecule has 2 aliphatic heterocycles. The first-order valence-electron chi connectivity index (χ1n) is 10.4. The van der Waals surface area contributed by atoms with E-state index < -0.39 is 10.0 Å². The zero-order valence-electron chi connectivity index (χ0n) is 18.4. The molecule has 9 heteroatoms. The Bertz CT molecular complexity index is 1520. The van der Waals surface area contributed by atoms with Gasteiger partial charge in [0.05, 0.1) is 10.6 Å². The molecule has 1 amide bonds. The highest BCUT2D eigenvalue weighted by molar-refractivity contribution is 7.92. The molecule has 0 saturated carbocycles. The molecule has 8 nitrogen and oxygen atoms in total. The highest BCUT2D eigenvalue weighted by Gasteiger charge is 2.21. The van der Waals surface area contributed by atoms with Crippen LogP contribution in [0.1, 0.15) is 15.9 Å². The lowest BCUT2D eigenvalue weighted by molar-refractivity contribution is 0.0993. The summed E-state index contributed by atoms with van der Waals surface area (Å²) >= 11 is 0. The first-order chi connectivity index (χ1) is 16.3. The number of amides is 1. The van der Waals surface area contributed by atoms with Crippen molar-refractivity contribution in [1.82, 2.24) is 9.97 Å². The number of rotatable bonds is 1. The zero-order chi connectivity index (χ0) is 23.9. The number of aromatic nitrogens is 2. The normalized spacial score (nSPS) is 14.5. The van der Waals surface area contributed by atoms with E-state index in [4.69, 9.17) is 4.74 Å². The van der Waals surface area contributed by atoms with Gasteiger partial charge in [-0.1, -0.05) is 30.3 Å². The van der Waals surface area contributed by atoms with Crippen LogP contribution in [0.5, 0.6) is 11.6 Å². The van der Waals surface area contributed by atoms with Crippen molar-refractivity contribution in [2.45, 2.75) is 11.8 Å². The van der Waals surface area contributed by atoms with E-state index in [1.54, 1.807) is 49.5 Å². The van der Waals surface area contributed by atoms with Crippen LogP contribution < -0.4 is 14.4 Å². The molecule has 0 spiro atoms. The number of anilines is 2. The van der Waals surface area contributed by atoms with Crippen molar-refractivity contribution in [1.29, 1.82) is 0 Å². The number of hydrogen-bond acceptors (Lipinski definition) is 6. The Morgan fingerprint density at radius 2 is 1.68 bits per heavy atom. The molecule has 4 aromatic rings. The van der Waals surface area contributed by atoms with Gasteiger partial charge in [-0.15, -0.1) is 0 Å². The number of nitrogens with one attached hydrogen (secondary N) is 1. The lowest BCUT2D eigenvalue weighted by Crippen LogP contribution is -2.26. The standard InChI is InChI=1S/C25H20N4O4S/c1-16-6-3-4-9-21(16)22-15-23-27-25(26-22)28-34(31,32)20-8-5-7-18(14-20)29(2)24(30)17-10-12-19(33-23)13-11-17/h3-15H,1-2H3,(H,26,27,28). The number of hydrogen-bond donors (Lipinski definition) is 1. The van der Waals surface area contributed by atoms with Crippen LogP contribution >= 0.6 is 0 Å². The maximum Gasteiger partial charge on any atom is 0.264 e. The Labute approximate surface area is 196 Å². The van der Waals surface area contributed by atoms with Crippen molar-refractivity contribution >= 4 is 27.6 Å². The van der Waals surface area contributed by atoms with Gasteiger partial charge in [0.1, 0.15) is 5.75 Å². The van der Waals surface area contributed by atoms with E-state index >= 15 is 0 Å². The Morgan fingerprint density at radius 1 is 0.912 bits per heavy atom. The topological polar surface area (TPSA) is 101 Å². The van der Waals surface area contributed by atoms with Gasteiger partial charge in [-0.3, -0.25) is 4.79 Å². The van der Waals surface area contributed by atoms with Crippen molar-refractivity contribution in [3.8, 4) is 22.9 Å². The van der Waals surface area contributed by atoms with E-state index in [0.29, 0.717) is 22.7 Å². The molecular formula is C25H20N4O4S. The Balaban J connectivity index is 1.71. The quantitative estimate of drug-likeness (QED) is 0.433. The summed E-state index contributed by atoms with van der Waals surface area (Å²) in [5, 5.41) is 0. The fraction of sp³-hybridized carbons (Fsp3) is 0.0800. The lowest BCUT2D eigenvalue weighted by atomic mass is 10.1. The highest BCUT2D eigenvalue weighted by atomic mass is 32.2. The molecule has 0 saturated heterocycles. The summed E-state index contributed by atoms with van der Waals surface area (Å²) in [5.74, 6) is 0.187. The van der Waals surface area contributed by atoms with Crippen molar-refractivity contribution < 1.29 is 17.9 Å². The van der Waals surface area contributed by atoms with Crippen LogP contribution in [0.4, 0.5) is 11.6 Å². The first kappa shape index (κ1) is 21.6. The van der Waals surface area contributed by atoms with E-state index in [1.165, 1.54) is 17.0 Å². The maximum atomic E-state index is 13.2. The predicted molar refractivity (Wildman–Crippen MR) is 129 cm³/mol. The van der Waals surface area contributed by atoms with Crippen LogP contribution in [0.2, 0.25) is 0 Å². The summed E-state index contributed by atoms with van der Waals surface area (Å²) in [5.41, 5.74) is 3.15. The average Bonchev–Trinajstić information content (AvgIpc) is 2.83. The van der Waals surface area contributed by atoms with Crippen molar-refractivity contribution in [3.05, 3.63) is 90.0 Å². The first-order valence-corrected chi connectivity index (χ1v) is 11.9. The van der Waals surface area contributed by atoms with E-state index in [9.17, 15) is 13.2 Å². The van der Waals surface area contributed by atoms with Gasteiger partial charge in [0.15, 0.2) is 0 Å². The number of sulfonamides is 1. The van der Waals surface area contributed by atoms with Crippen LogP contribution in [-0.4, -0.2) is 31.3 Å². The molecule has 0 fully saturated rings. The summed E-state index contributed by atoms with van der Waals surface area (Å²) in [4.78, 5) is 23.0.